The number of imide groups is 1. The number of benzene rings is 2. The molecule has 0 spiro atoms. The first kappa shape index (κ1) is 20.4. The molecule has 150 valence electrons. The smallest absolute Gasteiger partial charge is 0.293 e. The largest absolute Gasteiger partial charge is 0.493 e. The molecule has 1 fully saturated rings. The van der Waals surface area contributed by atoms with E-state index in [2.05, 4.69) is 0 Å². The van der Waals surface area contributed by atoms with E-state index >= 15 is 0 Å². The lowest BCUT2D eigenvalue weighted by molar-refractivity contribution is -0.385. The maximum atomic E-state index is 12.7. The molecule has 9 heteroatoms. The first-order chi connectivity index (χ1) is 13.9. The van der Waals surface area contributed by atoms with E-state index in [0.29, 0.717) is 29.2 Å². The molecule has 2 amide bonds. The first-order valence-electron chi connectivity index (χ1n) is 8.73. The van der Waals surface area contributed by atoms with E-state index in [0.717, 1.165) is 16.7 Å². The maximum absolute atomic E-state index is 12.7. The molecule has 1 heterocycles. The van der Waals surface area contributed by atoms with Gasteiger partial charge in [0.25, 0.3) is 16.8 Å². The van der Waals surface area contributed by atoms with Crippen LogP contribution in [0.25, 0.3) is 6.08 Å². The van der Waals surface area contributed by atoms with E-state index < -0.39 is 16.1 Å². The van der Waals surface area contributed by atoms with Crippen molar-refractivity contribution >= 4 is 34.7 Å². The van der Waals surface area contributed by atoms with E-state index in [1.165, 1.54) is 25.3 Å². The summed E-state index contributed by atoms with van der Waals surface area (Å²) < 4.78 is 10.8. The molecular formula is C20H18N2O6S. The zero-order valence-corrected chi connectivity index (χ0v) is 16.6. The van der Waals surface area contributed by atoms with Gasteiger partial charge in [-0.3, -0.25) is 24.6 Å². The highest BCUT2D eigenvalue weighted by molar-refractivity contribution is 8.18. The Morgan fingerprint density at radius 2 is 1.93 bits per heavy atom. The summed E-state index contributed by atoms with van der Waals surface area (Å²) in [6, 6.07) is 11.2. The van der Waals surface area contributed by atoms with Crippen molar-refractivity contribution in [2.75, 3.05) is 13.7 Å². The summed E-state index contributed by atoms with van der Waals surface area (Å²) in [5.41, 5.74) is 0.835. The van der Waals surface area contributed by atoms with Crippen molar-refractivity contribution in [2.45, 2.75) is 13.5 Å². The molecule has 0 unspecified atom stereocenters. The third kappa shape index (κ3) is 4.40. The SMILES string of the molecule is CCOc1cc(/C=C2/SC(=O)N(Cc3ccccc3[N+](=O)[O-])C2=O)ccc1OC. The number of nitro groups is 1. The van der Waals surface area contributed by atoms with Gasteiger partial charge in [0.2, 0.25) is 0 Å². The summed E-state index contributed by atoms with van der Waals surface area (Å²) in [5.74, 6) is 0.600. The fourth-order valence-corrected chi connectivity index (χ4v) is 3.67. The lowest BCUT2D eigenvalue weighted by Gasteiger charge is -2.12. The minimum Gasteiger partial charge on any atom is -0.493 e. The Kier molecular flexibility index (Phi) is 6.18. The Morgan fingerprint density at radius 1 is 1.17 bits per heavy atom. The summed E-state index contributed by atoms with van der Waals surface area (Å²) in [6.45, 7) is 2.14. The quantitative estimate of drug-likeness (QED) is 0.380. The van der Waals surface area contributed by atoms with Gasteiger partial charge in [-0.15, -0.1) is 0 Å². The van der Waals surface area contributed by atoms with Crippen LogP contribution in [-0.2, 0) is 11.3 Å². The fourth-order valence-electron chi connectivity index (χ4n) is 2.83. The van der Waals surface area contributed by atoms with Gasteiger partial charge in [-0.1, -0.05) is 24.3 Å². The van der Waals surface area contributed by atoms with Gasteiger partial charge in [0.15, 0.2) is 11.5 Å². The zero-order chi connectivity index (χ0) is 21.0. The van der Waals surface area contributed by atoms with Crippen molar-refractivity contribution < 1.29 is 24.0 Å². The number of thioether (sulfide) groups is 1. The standard InChI is InChI=1S/C20H18N2O6S/c1-3-28-17-10-13(8-9-16(17)27-2)11-18-19(23)21(20(24)29-18)12-14-6-4-5-7-15(14)22(25)26/h4-11H,3,12H2,1-2H3/b18-11+. The summed E-state index contributed by atoms with van der Waals surface area (Å²) in [7, 11) is 1.53. The van der Waals surface area contributed by atoms with Gasteiger partial charge in [0.05, 0.1) is 30.1 Å². The number of hydrogen-bond donors (Lipinski definition) is 0. The van der Waals surface area contributed by atoms with Gasteiger partial charge in [0, 0.05) is 11.6 Å². The average molecular weight is 414 g/mol. The van der Waals surface area contributed by atoms with Crippen LogP contribution >= 0.6 is 11.8 Å². The third-order valence-corrected chi connectivity index (χ3v) is 5.08. The van der Waals surface area contributed by atoms with Crippen LogP contribution in [0.5, 0.6) is 11.5 Å². The van der Waals surface area contributed by atoms with Gasteiger partial charge in [-0.2, -0.15) is 0 Å². The van der Waals surface area contributed by atoms with Gasteiger partial charge in [-0.25, -0.2) is 0 Å². The number of hydrogen-bond acceptors (Lipinski definition) is 7. The number of nitrogens with zero attached hydrogens (tertiary/aromatic N) is 2. The van der Waals surface area contributed by atoms with Crippen LogP contribution in [0.2, 0.25) is 0 Å². The summed E-state index contributed by atoms with van der Waals surface area (Å²) >= 11 is 0.796. The number of para-hydroxylation sites is 1. The molecule has 0 aliphatic carbocycles. The Labute approximate surface area is 171 Å². The fraction of sp³-hybridized carbons (Fsp3) is 0.200. The second kappa shape index (κ2) is 8.78. The third-order valence-electron chi connectivity index (χ3n) is 4.18. The van der Waals surface area contributed by atoms with Crippen molar-refractivity contribution in [3.05, 3.63) is 68.6 Å². The minimum absolute atomic E-state index is 0.132. The second-order valence-corrected chi connectivity index (χ2v) is 6.99. The molecule has 2 aromatic carbocycles. The zero-order valence-electron chi connectivity index (χ0n) is 15.8. The molecule has 3 rings (SSSR count). The van der Waals surface area contributed by atoms with Crippen molar-refractivity contribution in [2.24, 2.45) is 0 Å². The average Bonchev–Trinajstić information content (AvgIpc) is 2.96. The predicted octanol–water partition coefficient (Wildman–Crippen LogP) is 4.24. The predicted molar refractivity (Wildman–Crippen MR) is 109 cm³/mol. The Hall–Kier alpha value is -3.33. The van der Waals surface area contributed by atoms with Crippen LogP contribution in [0.15, 0.2) is 47.4 Å². The van der Waals surface area contributed by atoms with Crippen LogP contribution in [-0.4, -0.2) is 34.7 Å². The Balaban J connectivity index is 1.86. The highest BCUT2D eigenvalue weighted by Crippen LogP contribution is 2.36. The normalized spacial score (nSPS) is 15.1. The molecule has 29 heavy (non-hydrogen) atoms. The van der Waals surface area contributed by atoms with E-state index in [4.69, 9.17) is 9.47 Å². The first-order valence-corrected chi connectivity index (χ1v) is 9.54. The van der Waals surface area contributed by atoms with E-state index in [1.54, 1.807) is 30.3 Å². The number of carbonyl (C=O) groups is 2. The van der Waals surface area contributed by atoms with Crippen LogP contribution in [0.3, 0.4) is 0 Å². The van der Waals surface area contributed by atoms with E-state index in [-0.39, 0.29) is 17.1 Å². The van der Waals surface area contributed by atoms with E-state index in [9.17, 15) is 19.7 Å². The summed E-state index contributed by atoms with van der Waals surface area (Å²) in [6.07, 6.45) is 1.59. The van der Waals surface area contributed by atoms with Gasteiger partial charge in [-0.05, 0) is 42.5 Å². The van der Waals surface area contributed by atoms with Gasteiger partial charge < -0.3 is 9.47 Å². The monoisotopic (exact) mass is 414 g/mol. The van der Waals surface area contributed by atoms with E-state index in [1.807, 2.05) is 6.92 Å². The topological polar surface area (TPSA) is 99.0 Å². The summed E-state index contributed by atoms with van der Waals surface area (Å²) in [5, 5.41) is 10.7. The summed E-state index contributed by atoms with van der Waals surface area (Å²) in [4.78, 5) is 37.0. The lowest BCUT2D eigenvalue weighted by atomic mass is 10.1. The molecule has 0 N–H and O–H groups in total. The number of carbonyl (C=O) groups excluding carboxylic acids is 2. The Bertz CT molecular complexity index is 1000. The highest BCUT2D eigenvalue weighted by Gasteiger charge is 2.36. The molecule has 1 aliphatic heterocycles. The molecule has 2 aromatic rings. The molecule has 0 atom stereocenters. The molecule has 8 nitrogen and oxygen atoms in total. The molecule has 0 aromatic heterocycles. The number of rotatable bonds is 7. The van der Waals surface area contributed by atoms with Crippen LogP contribution < -0.4 is 9.47 Å². The van der Waals surface area contributed by atoms with Crippen molar-refractivity contribution in [1.29, 1.82) is 0 Å². The molecule has 0 bridgehead atoms. The van der Waals surface area contributed by atoms with Crippen LogP contribution in [0.1, 0.15) is 18.1 Å². The minimum atomic E-state index is -0.531. The number of amides is 2. The number of ether oxygens (including phenoxy) is 2. The molecule has 0 saturated carbocycles. The van der Waals surface area contributed by atoms with Crippen molar-refractivity contribution in [3.63, 3.8) is 0 Å². The highest BCUT2D eigenvalue weighted by atomic mass is 32.2. The Morgan fingerprint density at radius 3 is 2.62 bits per heavy atom. The van der Waals surface area contributed by atoms with Crippen LogP contribution in [0.4, 0.5) is 10.5 Å². The van der Waals surface area contributed by atoms with Crippen molar-refractivity contribution in [1.82, 2.24) is 4.90 Å². The van der Waals surface area contributed by atoms with Gasteiger partial charge in [0.1, 0.15) is 0 Å². The lowest BCUT2D eigenvalue weighted by Crippen LogP contribution is -2.27. The molecule has 1 saturated heterocycles. The number of nitro benzene ring substituents is 1. The molecule has 0 radical (unpaired) electrons. The second-order valence-electron chi connectivity index (χ2n) is 6.00. The van der Waals surface area contributed by atoms with Crippen molar-refractivity contribution in [3.8, 4) is 11.5 Å². The van der Waals surface area contributed by atoms with Crippen LogP contribution in [0, 0.1) is 10.1 Å². The molecular weight excluding hydrogens is 396 g/mol. The maximum Gasteiger partial charge on any atom is 0.293 e. The number of methoxy groups -OCH3 is 1. The molecule has 1 aliphatic rings. The van der Waals surface area contributed by atoms with Gasteiger partial charge >= 0.3 is 0 Å².